The smallest absolute Gasteiger partial charge is 0.220 e. The van der Waals surface area contributed by atoms with Crippen LogP contribution in [0.1, 0.15) is 63.3 Å². The Morgan fingerprint density at radius 1 is 0.895 bits per heavy atom. The van der Waals surface area contributed by atoms with E-state index in [-0.39, 0.29) is 17.1 Å². The number of carbonyl (C=O) groups is 1. The molecule has 0 saturated heterocycles. The molecule has 0 bridgehead atoms. The molecule has 2 heterocycles. The SMILES string of the molecule is CC(C)(C)c1ccc(-n2nc(-c3ccccn3)cc2CCCCCC(=O)NCCc2ccc(O)cc2)cc1. The molecular formula is C32H38N4O2. The molecule has 4 rings (SSSR count). The zero-order valence-electron chi connectivity index (χ0n) is 22.7. The molecule has 2 aromatic carbocycles. The molecule has 2 N–H and O–H groups in total. The van der Waals surface area contributed by atoms with Crippen molar-refractivity contribution in [3.05, 3.63) is 95.8 Å². The van der Waals surface area contributed by atoms with Gasteiger partial charge < -0.3 is 10.4 Å². The highest BCUT2D eigenvalue weighted by Gasteiger charge is 2.15. The summed E-state index contributed by atoms with van der Waals surface area (Å²) in [6.45, 7) is 7.26. The Morgan fingerprint density at radius 3 is 2.34 bits per heavy atom. The summed E-state index contributed by atoms with van der Waals surface area (Å²) in [5.41, 5.74) is 6.41. The maximum absolute atomic E-state index is 12.2. The maximum atomic E-state index is 12.2. The summed E-state index contributed by atoms with van der Waals surface area (Å²) in [5, 5.41) is 17.3. The largest absolute Gasteiger partial charge is 0.508 e. The van der Waals surface area contributed by atoms with Crippen molar-refractivity contribution in [1.82, 2.24) is 20.1 Å². The van der Waals surface area contributed by atoms with Crippen LogP contribution in [-0.2, 0) is 23.1 Å². The fourth-order valence-corrected chi connectivity index (χ4v) is 4.43. The highest BCUT2D eigenvalue weighted by atomic mass is 16.3. The molecule has 6 nitrogen and oxygen atoms in total. The van der Waals surface area contributed by atoms with Crippen LogP contribution in [0.4, 0.5) is 0 Å². The molecule has 0 saturated carbocycles. The average Bonchev–Trinajstić information content (AvgIpc) is 3.34. The lowest BCUT2D eigenvalue weighted by molar-refractivity contribution is -0.121. The second-order valence-corrected chi connectivity index (χ2v) is 10.8. The molecule has 38 heavy (non-hydrogen) atoms. The number of nitrogens with one attached hydrogen (secondary N) is 1. The van der Waals surface area contributed by atoms with Crippen molar-refractivity contribution in [2.24, 2.45) is 0 Å². The normalized spacial score (nSPS) is 11.4. The van der Waals surface area contributed by atoms with Gasteiger partial charge in [0.25, 0.3) is 0 Å². The number of amides is 1. The van der Waals surface area contributed by atoms with Gasteiger partial charge in [-0.2, -0.15) is 5.10 Å². The first-order chi connectivity index (χ1) is 18.3. The second-order valence-electron chi connectivity index (χ2n) is 10.8. The highest BCUT2D eigenvalue weighted by molar-refractivity contribution is 5.75. The fraction of sp³-hybridized carbons (Fsp3) is 0.344. The van der Waals surface area contributed by atoms with Crippen molar-refractivity contribution in [2.75, 3.05) is 6.54 Å². The molecule has 0 fully saturated rings. The number of hydrogen-bond acceptors (Lipinski definition) is 4. The van der Waals surface area contributed by atoms with Crippen LogP contribution in [0.3, 0.4) is 0 Å². The summed E-state index contributed by atoms with van der Waals surface area (Å²) in [6.07, 6.45) is 6.76. The molecule has 0 radical (unpaired) electrons. The van der Waals surface area contributed by atoms with Crippen molar-refractivity contribution in [2.45, 2.75) is 64.7 Å². The van der Waals surface area contributed by atoms with E-state index < -0.39 is 0 Å². The summed E-state index contributed by atoms with van der Waals surface area (Å²) in [5.74, 6) is 0.345. The zero-order valence-corrected chi connectivity index (χ0v) is 22.7. The zero-order chi connectivity index (χ0) is 27.0. The Kier molecular flexibility index (Phi) is 8.95. The van der Waals surface area contributed by atoms with Crippen LogP contribution in [-0.4, -0.2) is 32.3 Å². The minimum atomic E-state index is 0.0881. The molecule has 198 valence electrons. The van der Waals surface area contributed by atoms with E-state index in [1.54, 1.807) is 18.3 Å². The molecular weight excluding hydrogens is 472 g/mol. The minimum absolute atomic E-state index is 0.0881. The molecule has 0 spiro atoms. The van der Waals surface area contributed by atoms with Crippen LogP contribution in [0.5, 0.6) is 5.75 Å². The predicted octanol–water partition coefficient (Wildman–Crippen LogP) is 6.40. The average molecular weight is 511 g/mol. The molecule has 0 aliphatic heterocycles. The molecule has 0 aliphatic carbocycles. The van der Waals surface area contributed by atoms with Crippen LogP contribution in [0.15, 0.2) is 79.0 Å². The Bertz CT molecular complexity index is 1300. The third-order valence-electron chi connectivity index (χ3n) is 6.70. The lowest BCUT2D eigenvalue weighted by atomic mass is 9.87. The van der Waals surface area contributed by atoms with E-state index in [1.807, 2.05) is 35.0 Å². The lowest BCUT2D eigenvalue weighted by Crippen LogP contribution is -2.25. The summed E-state index contributed by atoms with van der Waals surface area (Å²) in [7, 11) is 0. The van der Waals surface area contributed by atoms with Gasteiger partial charge in [0.05, 0.1) is 11.4 Å². The van der Waals surface area contributed by atoms with Gasteiger partial charge >= 0.3 is 0 Å². The van der Waals surface area contributed by atoms with Crippen LogP contribution >= 0.6 is 0 Å². The van der Waals surface area contributed by atoms with Crippen molar-refractivity contribution in [3.63, 3.8) is 0 Å². The third-order valence-corrected chi connectivity index (χ3v) is 6.70. The number of pyridine rings is 1. The first-order valence-electron chi connectivity index (χ1n) is 13.5. The number of aryl methyl sites for hydroxylation is 1. The molecule has 4 aromatic rings. The van der Waals surface area contributed by atoms with E-state index in [0.717, 1.165) is 60.4 Å². The minimum Gasteiger partial charge on any atom is -0.508 e. The first-order valence-corrected chi connectivity index (χ1v) is 13.5. The summed E-state index contributed by atoms with van der Waals surface area (Å²) < 4.78 is 2.03. The number of aromatic nitrogens is 3. The Hall–Kier alpha value is -3.93. The lowest BCUT2D eigenvalue weighted by Gasteiger charge is -2.19. The fourth-order valence-electron chi connectivity index (χ4n) is 4.43. The number of phenols is 1. The van der Waals surface area contributed by atoms with Crippen LogP contribution in [0.2, 0.25) is 0 Å². The monoisotopic (exact) mass is 510 g/mol. The quantitative estimate of drug-likeness (QED) is 0.229. The summed E-state index contributed by atoms with van der Waals surface area (Å²) in [6, 6.07) is 23.8. The second kappa shape index (κ2) is 12.5. The van der Waals surface area contributed by atoms with E-state index in [9.17, 15) is 9.90 Å². The van der Waals surface area contributed by atoms with Gasteiger partial charge in [0.15, 0.2) is 0 Å². The van der Waals surface area contributed by atoms with Gasteiger partial charge in [0.2, 0.25) is 5.91 Å². The molecule has 0 atom stereocenters. The molecule has 1 amide bonds. The van der Waals surface area contributed by atoms with Crippen molar-refractivity contribution in [3.8, 4) is 22.8 Å². The summed E-state index contributed by atoms with van der Waals surface area (Å²) in [4.78, 5) is 16.7. The number of unbranched alkanes of at least 4 members (excludes halogenated alkanes) is 2. The van der Waals surface area contributed by atoms with E-state index >= 15 is 0 Å². The Balaban J connectivity index is 1.31. The topological polar surface area (TPSA) is 80.0 Å². The van der Waals surface area contributed by atoms with E-state index in [2.05, 4.69) is 61.4 Å². The van der Waals surface area contributed by atoms with Gasteiger partial charge in [-0.05, 0) is 84.7 Å². The highest BCUT2D eigenvalue weighted by Crippen LogP contribution is 2.26. The number of hydrogen-bond donors (Lipinski definition) is 2. The van der Waals surface area contributed by atoms with E-state index in [0.29, 0.717) is 13.0 Å². The van der Waals surface area contributed by atoms with Gasteiger partial charge in [0, 0.05) is 24.9 Å². The van der Waals surface area contributed by atoms with Crippen LogP contribution in [0, 0.1) is 0 Å². The molecule has 2 aromatic heterocycles. The molecule has 6 heteroatoms. The van der Waals surface area contributed by atoms with Gasteiger partial charge in [-0.3, -0.25) is 9.78 Å². The molecule has 0 unspecified atom stereocenters. The Morgan fingerprint density at radius 2 is 1.66 bits per heavy atom. The predicted molar refractivity (Wildman–Crippen MR) is 152 cm³/mol. The first kappa shape index (κ1) is 27.1. The van der Waals surface area contributed by atoms with Crippen LogP contribution < -0.4 is 5.32 Å². The number of carbonyl (C=O) groups excluding carboxylic acids is 1. The van der Waals surface area contributed by atoms with Gasteiger partial charge in [0.1, 0.15) is 11.4 Å². The van der Waals surface area contributed by atoms with Gasteiger partial charge in [-0.15, -0.1) is 0 Å². The van der Waals surface area contributed by atoms with Gasteiger partial charge in [-0.25, -0.2) is 4.68 Å². The molecule has 0 aliphatic rings. The Labute approximate surface area is 225 Å². The van der Waals surface area contributed by atoms with E-state index in [4.69, 9.17) is 5.10 Å². The number of rotatable bonds is 11. The van der Waals surface area contributed by atoms with Crippen LogP contribution in [0.25, 0.3) is 17.1 Å². The number of nitrogens with zero attached hydrogens (tertiary/aromatic N) is 3. The number of benzene rings is 2. The number of aromatic hydroxyl groups is 1. The van der Waals surface area contributed by atoms with E-state index in [1.165, 1.54) is 5.56 Å². The van der Waals surface area contributed by atoms with Gasteiger partial charge in [-0.1, -0.05) is 57.5 Å². The van der Waals surface area contributed by atoms with Crippen molar-refractivity contribution in [1.29, 1.82) is 0 Å². The summed E-state index contributed by atoms with van der Waals surface area (Å²) >= 11 is 0. The number of phenolic OH excluding ortho intramolecular Hbond substituents is 1. The van der Waals surface area contributed by atoms with Crippen molar-refractivity contribution >= 4 is 5.91 Å². The standard InChI is InChI=1S/C32H38N4O2/c1-32(2,3)25-14-16-26(17-15-25)36-27(23-30(35-36)29-10-7-8-21-33-29)9-5-4-6-11-31(38)34-22-20-24-12-18-28(37)19-13-24/h7-8,10,12-19,21,23,37H,4-6,9,11,20,22H2,1-3H3,(H,34,38). The maximum Gasteiger partial charge on any atom is 0.220 e. The third kappa shape index (κ3) is 7.54. The van der Waals surface area contributed by atoms with Crippen molar-refractivity contribution < 1.29 is 9.90 Å².